The summed E-state index contributed by atoms with van der Waals surface area (Å²) in [6, 6.07) is -1.13. The fraction of sp³-hybridized carbons (Fsp3) is 0.571. The van der Waals surface area contributed by atoms with Crippen molar-refractivity contribution in [3.63, 3.8) is 0 Å². The monoisotopic (exact) mass is 237 g/mol. The largest absolute Gasteiger partial charge is 0.480 e. The number of aliphatic carboxylic acids is 2. The van der Waals surface area contributed by atoms with Gasteiger partial charge in [-0.25, -0.2) is 0 Å². The minimum atomic E-state index is -1.21. The first kappa shape index (κ1) is 13.7. The summed E-state index contributed by atoms with van der Waals surface area (Å²) in [5, 5.41) is 16.1. The Labute approximate surface area is 89.6 Å². The number of hydrogen-bond acceptors (Lipinski definition) is 6. The van der Waals surface area contributed by atoms with Gasteiger partial charge in [-0.2, -0.15) is 0 Å². The van der Waals surface area contributed by atoms with E-state index in [9.17, 15) is 14.4 Å². The van der Waals surface area contributed by atoms with Crippen LogP contribution >= 0.6 is 11.8 Å². The van der Waals surface area contributed by atoms with Gasteiger partial charge in [-0.05, 0) is 0 Å². The van der Waals surface area contributed by atoms with E-state index < -0.39 is 23.2 Å². The van der Waals surface area contributed by atoms with Crippen molar-refractivity contribution < 1.29 is 29.3 Å². The molecule has 0 saturated carbocycles. The number of rotatable bonds is 8. The minimum Gasteiger partial charge on any atom is -0.480 e. The molecule has 0 aliphatic heterocycles. The lowest BCUT2D eigenvalue weighted by atomic mass is 10.4. The van der Waals surface area contributed by atoms with E-state index in [0.29, 0.717) is 0 Å². The highest BCUT2D eigenvalue weighted by molar-refractivity contribution is 8.00. The second kappa shape index (κ2) is 7.07. The van der Waals surface area contributed by atoms with Gasteiger partial charge < -0.3 is 20.7 Å². The lowest BCUT2D eigenvalue weighted by molar-refractivity contribution is -0.140. The molecule has 8 heteroatoms. The number of ether oxygens (including phenoxy) is 1. The summed E-state index contributed by atoms with van der Waals surface area (Å²) in [4.78, 5) is 30.7. The van der Waals surface area contributed by atoms with Gasteiger partial charge in [0.2, 0.25) is 0 Å². The lowest BCUT2D eigenvalue weighted by Gasteiger charge is -2.12. The number of carboxylic acids is 2. The maximum atomic E-state index is 10.6. The fourth-order valence-corrected chi connectivity index (χ4v) is 1.51. The summed E-state index contributed by atoms with van der Waals surface area (Å²) in [7, 11) is 0. The molecule has 0 fully saturated rings. The van der Waals surface area contributed by atoms with Crippen molar-refractivity contribution in [1.82, 2.24) is 0 Å². The average molecular weight is 237 g/mol. The van der Waals surface area contributed by atoms with Crippen LogP contribution in [0.5, 0.6) is 0 Å². The summed E-state index contributed by atoms with van der Waals surface area (Å²) in [5.41, 5.74) is 5.17. The summed E-state index contributed by atoms with van der Waals surface area (Å²) in [6.45, 7) is -0.177. The van der Waals surface area contributed by atoms with Crippen molar-refractivity contribution in [2.75, 3.05) is 12.4 Å². The van der Waals surface area contributed by atoms with Crippen LogP contribution in [0, 0.1) is 0 Å². The van der Waals surface area contributed by atoms with Crippen LogP contribution in [-0.4, -0.2) is 52.3 Å². The Kier molecular flexibility index (Phi) is 6.47. The maximum Gasteiger partial charge on any atom is 0.321 e. The third-order valence-corrected chi connectivity index (χ3v) is 2.68. The summed E-state index contributed by atoms with van der Waals surface area (Å²) < 4.78 is 4.28. The molecule has 0 spiro atoms. The van der Waals surface area contributed by atoms with Crippen molar-refractivity contribution in [2.45, 2.75) is 11.3 Å². The molecule has 0 aliphatic rings. The molecule has 0 heterocycles. The van der Waals surface area contributed by atoms with Gasteiger partial charge in [0.25, 0.3) is 6.47 Å². The van der Waals surface area contributed by atoms with Crippen LogP contribution in [0.1, 0.15) is 0 Å². The van der Waals surface area contributed by atoms with Crippen molar-refractivity contribution >= 4 is 30.2 Å². The van der Waals surface area contributed by atoms with Crippen molar-refractivity contribution in [1.29, 1.82) is 0 Å². The third kappa shape index (κ3) is 5.92. The van der Waals surface area contributed by atoms with E-state index in [1.807, 2.05) is 0 Å². The van der Waals surface area contributed by atoms with Crippen LogP contribution in [0.2, 0.25) is 0 Å². The predicted octanol–water partition coefficient (Wildman–Crippen LogP) is -1.24. The second-order valence-corrected chi connectivity index (χ2v) is 3.77. The molecule has 0 amide bonds. The van der Waals surface area contributed by atoms with Crippen LogP contribution in [0.3, 0.4) is 0 Å². The second-order valence-electron chi connectivity index (χ2n) is 2.53. The lowest BCUT2D eigenvalue weighted by Crippen LogP contribution is -2.34. The molecule has 0 bridgehead atoms. The van der Waals surface area contributed by atoms with Crippen LogP contribution in [0.15, 0.2) is 0 Å². The SMILES string of the molecule is N[C@@H](CS[C@H](COC=O)C(=O)O)C(=O)O. The molecule has 0 aromatic rings. The number of carboxylic acid groups (broad SMARTS) is 2. The van der Waals surface area contributed by atoms with Crippen molar-refractivity contribution in [3.8, 4) is 0 Å². The van der Waals surface area contributed by atoms with E-state index in [4.69, 9.17) is 15.9 Å². The molecule has 0 saturated heterocycles. The van der Waals surface area contributed by atoms with Crippen molar-refractivity contribution in [2.24, 2.45) is 5.73 Å². The quantitative estimate of drug-likeness (QED) is 0.447. The predicted molar refractivity (Wildman–Crippen MR) is 51.5 cm³/mol. The number of carbonyl (C=O) groups excluding carboxylic acids is 1. The van der Waals surface area contributed by atoms with Gasteiger partial charge in [0.1, 0.15) is 17.9 Å². The zero-order chi connectivity index (χ0) is 11.8. The zero-order valence-electron chi connectivity index (χ0n) is 7.66. The summed E-state index contributed by atoms with van der Waals surface area (Å²) >= 11 is 0.817. The van der Waals surface area contributed by atoms with Crippen molar-refractivity contribution in [3.05, 3.63) is 0 Å². The molecule has 0 aromatic heterocycles. The Morgan fingerprint density at radius 2 is 2.00 bits per heavy atom. The minimum absolute atomic E-state index is 0.0610. The Morgan fingerprint density at radius 1 is 1.40 bits per heavy atom. The molecule has 0 unspecified atom stereocenters. The molecular weight excluding hydrogens is 226 g/mol. The van der Waals surface area contributed by atoms with Gasteiger partial charge in [0.15, 0.2) is 0 Å². The molecule has 4 N–H and O–H groups in total. The van der Waals surface area contributed by atoms with Gasteiger partial charge in [0.05, 0.1) is 0 Å². The standard InChI is InChI=1S/C7H11NO6S/c8-4(6(10)11)2-15-5(7(12)13)1-14-3-9/h3-5H,1-2,8H2,(H,10,11)(H,12,13)/t4-,5+/m0/s1. The summed E-state index contributed by atoms with van der Waals surface area (Å²) in [5.74, 6) is -2.45. The molecule has 0 aromatic carbocycles. The molecule has 86 valence electrons. The number of thioether (sulfide) groups is 1. The summed E-state index contributed by atoms with van der Waals surface area (Å²) in [6.07, 6.45) is 0. The van der Waals surface area contributed by atoms with E-state index in [1.165, 1.54) is 0 Å². The smallest absolute Gasteiger partial charge is 0.321 e. The van der Waals surface area contributed by atoms with Gasteiger partial charge >= 0.3 is 11.9 Å². The average Bonchev–Trinajstić information content (AvgIpc) is 2.16. The van der Waals surface area contributed by atoms with Crippen LogP contribution in [0.25, 0.3) is 0 Å². The van der Waals surface area contributed by atoms with Crippen LogP contribution < -0.4 is 5.73 Å². The topological polar surface area (TPSA) is 127 Å². The van der Waals surface area contributed by atoms with E-state index >= 15 is 0 Å². The van der Waals surface area contributed by atoms with Gasteiger partial charge in [-0.3, -0.25) is 14.4 Å². The normalized spacial score (nSPS) is 13.9. The molecule has 2 atom stereocenters. The van der Waals surface area contributed by atoms with E-state index in [1.54, 1.807) is 0 Å². The molecule has 0 aliphatic carbocycles. The van der Waals surface area contributed by atoms with Crippen LogP contribution in [-0.2, 0) is 19.1 Å². The van der Waals surface area contributed by atoms with E-state index in [-0.39, 0.29) is 18.8 Å². The molecule has 0 rings (SSSR count). The molecule has 0 radical (unpaired) electrons. The van der Waals surface area contributed by atoms with E-state index in [0.717, 1.165) is 11.8 Å². The van der Waals surface area contributed by atoms with Crippen LogP contribution in [0.4, 0.5) is 0 Å². The first-order chi connectivity index (χ1) is 6.99. The van der Waals surface area contributed by atoms with Gasteiger partial charge in [0, 0.05) is 5.75 Å². The highest BCUT2D eigenvalue weighted by Gasteiger charge is 2.21. The fourth-order valence-electron chi connectivity index (χ4n) is 0.608. The number of carbonyl (C=O) groups is 3. The highest BCUT2D eigenvalue weighted by Crippen LogP contribution is 2.12. The molecule has 7 nitrogen and oxygen atoms in total. The highest BCUT2D eigenvalue weighted by atomic mass is 32.2. The zero-order valence-corrected chi connectivity index (χ0v) is 8.48. The Balaban J connectivity index is 4.00. The first-order valence-corrected chi connectivity index (χ1v) is 4.92. The molecule has 15 heavy (non-hydrogen) atoms. The van der Waals surface area contributed by atoms with E-state index in [2.05, 4.69) is 4.74 Å². The Hall–Kier alpha value is -1.28. The van der Waals surface area contributed by atoms with Gasteiger partial charge in [-0.15, -0.1) is 11.8 Å². The Bertz CT molecular complexity index is 246. The molecular formula is C7H11NO6S. The van der Waals surface area contributed by atoms with Gasteiger partial charge in [-0.1, -0.05) is 0 Å². The maximum absolute atomic E-state index is 10.6. The Morgan fingerprint density at radius 3 is 2.40 bits per heavy atom. The third-order valence-electron chi connectivity index (χ3n) is 1.39. The number of nitrogens with two attached hydrogens (primary N) is 1. The first-order valence-electron chi connectivity index (χ1n) is 3.87. The number of hydrogen-bond donors (Lipinski definition) is 3.